The van der Waals surface area contributed by atoms with Gasteiger partial charge in [0.05, 0.1) is 10.6 Å². The van der Waals surface area contributed by atoms with E-state index in [1.165, 1.54) is 4.90 Å². The van der Waals surface area contributed by atoms with Crippen molar-refractivity contribution in [3.05, 3.63) is 95.6 Å². The second-order valence-electron chi connectivity index (χ2n) is 8.99. The van der Waals surface area contributed by atoms with Crippen LogP contribution in [0.25, 0.3) is 0 Å². The number of sulfonamides is 1. The van der Waals surface area contributed by atoms with Gasteiger partial charge < -0.3 is 10.2 Å². The number of anilines is 1. The highest BCUT2D eigenvalue weighted by atomic mass is 32.2. The Labute approximate surface area is 220 Å². The lowest BCUT2D eigenvalue weighted by atomic mass is 10.1. The molecular formula is C29H35N3O4S. The highest BCUT2D eigenvalue weighted by Crippen LogP contribution is 2.25. The van der Waals surface area contributed by atoms with Crippen molar-refractivity contribution in [2.45, 2.75) is 51.6 Å². The molecule has 0 fully saturated rings. The molecule has 1 N–H and O–H groups in total. The number of nitrogens with zero attached hydrogens (tertiary/aromatic N) is 2. The summed E-state index contributed by atoms with van der Waals surface area (Å²) < 4.78 is 28.6. The lowest BCUT2D eigenvalue weighted by molar-refractivity contribution is -0.140. The fourth-order valence-corrected chi connectivity index (χ4v) is 5.48. The molecule has 0 unspecified atom stereocenters. The second kappa shape index (κ2) is 12.5. The zero-order valence-electron chi connectivity index (χ0n) is 21.8. The van der Waals surface area contributed by atoms with Crippen molar-refractivity contribution in [2.24, 2.45) is 0 Å². The molecule has 0 aliphatic rings. The van der Waals surface area contributed by atoms with Gasteiger partial charge in [0.15, 0.2) is 0 Å². The third kappa shape index (κ3) is 6.98. The number of amides is 2. The monoisotopic (exact) mass is 521 g/mol. The van der Waals surface area contributed by atoms with E-state index in [4.69, 9.17) is 0 Å². The Kier molecular flexibility index (Phi) is 9.47. The minimum Gasteiger partial charge on any atom is -0.355 e. The van der Waals surface area contributed by atoms with E-state index in [2.05, 4.69) is 5.32 Å². The third-order valence-corrected chi connectivity index (χ3v) is 7.93. The third-order valence-electron chi connectivity index (χ3n) is 6.14. The lowest BCUT2D eigenvalue weighted by Gasteiger charge is -2.33. The fraction of sp³-hybridized carbons (Fsp3) is 0.310. The Morgan fingerprint density at radius 1 is 0.838 bits per heavy atom. The predicted octanol–water partition coefficient (Wildman–Crippen LogP) is 4.44. The van der Waals surface area contributed by atoms with Crippen LogP contribution in [0.3, 0.4) is 0 Å². The van der Waals surface area contributed by atoms with Gasteiger partial charge in [-0.05, 0) is 57.0 Å². The van der Waals surface area contributed by atoms with E-state index in [9.17, 15) is 18.0 Å². The summed E-state index contributed by atoms with van der Waals surface area (Å²) in [5, 5.41) is 2.81. The number of carbonyl (C=O) groups is 2. The highest BCUT2D eigenvalue weighted by molar-refractivity contribution is 7.92. The Morgan fingerprint density at radius 2 is 1.41 bits per heavy atom. The maximum atomic E-state index is 13.9. The van der Waals surface area contributed by atoms with Crippen LogP contribution >= 0.6 is 0 Å². The lowest BCUT2D eigenvalue weighted by Crippen LogP contribution is -2.52. The molecule has 1 atom stereocenters. The molecule has 0 saturated heterocycles. The smallest absolute Gasteiger partial charge is 0.264 e. The Morgan fingerprint density at radius 3 is 1.95 bits per heavy atom. The summed E-state index contributed by atoms with van der Waals surface area (Å²) in [6.45, 7) is 7.69. The van der Waals surface area contributed by atoms with Gasteiger partial charge in [0, 0.05) is 13.1 Å². The summed E-state index contributed by atoms with van der Waals surface area (Å²) in [5.74, 6) is -0.726. The van der Waals surface area contributed by atoms with Crippen LogP contribution in [-0.4, -0.2) is 44.3 Å². The number of aryl methyl sites for hydroxylation is 2. The highest BCUT2D eigenvalue weighted by Gasteiger charge is 2.33. The number of rotatable bonds is 11. The minimum absolute atomic E-state index is 0.0932. The van der Waals surface area contributed by atoms with Gasteiger partial charge in [-0.2, -0.15) is 0 Å². The van der Waals surface area contributed by atoms with Crippen LogP contribution in [0.1, 0.15) is 37.0 Å². The predicted molar refractivity (Wildman–Crippen MR) is 147 cm³/mol. The molecule has 0 aromatic heterocycles. The van der Waals surface area contributed by atoms with Crippen molar-refractivity contribution in [3.8, 4) is 0 Å². The molecule has 0 spiro atoms. The first-order valence-electron chi connectivity index (χ1n) is 12.4. The zero-order chi connectivity index (χ0) is 27.0. The van der Waals surface area contributed by atoms with Crippen molar-refractivity contribution in [1.82, 2.24) is 10.2 Å². The topological polar surface area (TPSA) is 86.8 Å². The van der Waals surface area contributed by atoms with Gasteiger partial charge in [-0.1, -0.05) is 72.6 Å². The van der Waals surface area contributed by atoms with E-state index in [0.29, 0.717) is 18.7 Å². The standard InChI is InChI=1S/C29H35N3O4S/c1-5-27(29(34)30-6-2)31(20-24-16-12-22(3)13-17-24)28(33)21-32(25-10-8-7-9-11-25)37(35,36)26-18-14-23(4)15-19-26/h7-19,27H,5-6,20-21H2,1-4H3,(H,30,34)/t27-/m0/s1. The van der Waals surface area contributed by atoms with E-state index in [1.807, 2.05) is 52.0 Å². The molecule has 0 radical (unpaired) electrons. The summed E-state index contributed by atoms with van der Waals surface area (Å²) in [6, 6.07) is 22.1. The Hall–Kier alpha value is -3.65. The van der Waals surface area contributed by atoms with Crippen molar-refractivity contribution < 1.29 is 18.0 Å². The van der Waals surface area contributed by atoms with Crippen molar-refractivity contribution >= 4 is 27.5 Å². The molecule has 37 heavy (non-hydrogen) atoms. The molecule has 0 heterocycles. The number of nitrogens with one attached hydrogen (secondary N) is 1. The van der Waals surface area contributed by atoms with E-state index < -0.39 is 28.5 Å². The van der Waals surface area contributed by atoms with Gasteiger partial charge in [-0.25, -0.2) is 8.42 Å². The maximum absolute atomic E-state index is 13.9. The van der Waals surface area contributed by atoms with Crippen molar-refractivity contribution in [3.63, 3.8) is 0 Å². The normalized spacial score (nSPS) is 12.0. The number of carbonyl (C=O) groups excluding carboxylic acids is 2. The first kappa shape index (κ1) is 27.9. The largest absolute Gasteiger partial charge is 0.355 e. The van der Waals surface area contributed by atoms with Gasteiger partial charge >= 0.3 is 0 Å². The maximum Gasteiger partial charge on any atom is 0.264 e. The molecule has 8 heteroatoms. The van der Waals surface area contributed by atoms with Gasteiger partial charge in [0.1, 0.15) is 12.6 Å². The quantitative estimate of drug-likeness (QED) is 0.404. The van der Waals surface area contributed by atoms with Crippen LogP contribution < -0.4 is 9.62 Å². The van der Waals surface area contributed by atoms with E-state index in [1.54, 1.807) is 54.6 Å². The summed E-state index contributed by atoms with van der Waals surface area (Å²) >= 11 is 0. The number of hydrogen-bond donors (Lipinski definition) is 1. The van der Waals surface area contributed by atoms with Gasteiger partial charge in [-0.15, -0.1) is 0 Å². The molecule has 3 rings (SSSR count). The van der Waals surface area contributed by atoms with Crippen LogP contribution in [0.2, 0.25) is 0 Å². The number of hydrogen-bond acceptors (Lipinski definition) is 4. The minimum atomic E-state index is -4.06. The van der Waals surface area contributed by atoms with Crippen LogP contribution in [0.4, 0.5) is 5.69 Å². The Balaban J connectivity index is 2.02. The second-order valence-corrected chi connectivity index (χ2v) is 10.8. The SMILES string of the molecule is CCNC(=O)[C@H](CC)N(Cc1ccc(C)cc1)C(=O)CN(c1ccccc1)S(=O)(=O)c1ccc(C)cc1. The van der Waals surface area contributed by atoms with Gasteiger partial charge in [0.25, 0.3) is 10.0 Å². The van der Waals surface area contributed by atoms with E-state index >= 15 is 0 Å². The van der Waals surface area contributed by atoms with Crippen LogP contribution in [-0.2, 0) is 26.2 Å². The fourth-order valence-electron chi connectivity index (χ4n) is 4.06. The Bertz CT molecular complexity index is 1290. The molecule has 0 bridgehead atoms. The van der Waals surface area contributed by atoms with E-state index in [-0.39, 0.29) is 17.3 Å². The number of likely N-dealkylation sites (N-methyl/N-ethyl adjacent to an activating group) is 1. The van der Waals surface area contributed by atoms with Gasteiger partial charge in [-0.3, -0.25) is 13.9 Å². The summed E-state index contributed by atoms with van der Waals surface area (Å²) in [5.41, 5.74) is 3.24. The first-order valence-corrected chi connectivity index (χ1v) is 13.9. The van der Waals surface area contributed by atoms with E-state index in [0.717, 1.165) is 21.0 Å². The van der Waals surface area contributed by atoms with Crippen molar-refractivity contribution in [2.75, 3.05) is 17.4 Å². The molecule has 2 amide bonds. The average molecular weight is 522 g/mol. The molecule has 3 aromatic rings. The van der Waals surface area contributed by atoms with Crippen LogP contribution in [0.5, 0.6) is 0 Å². The molecule has 196 valence electrons. The molecule has 7 nitrogen and oxygen atoms in total. The molecule has 3 aromatic carbocycles. The average Bonchev–Trinajstić information content (AvgIpc) is 2.89. The molecule has 0 aliphatic heterocycles. The number of para-hydroxylation sites is 1. The van der Waals surface area contributed by atoms with Gasteiger partial charge in [0.2, 0.25) is 11.8 Å². The molecule has 0 aliphatic carbocycles. The molecule has 0 saturated carbocycles. The summed E-state index contributed by atoms with van der Waals surface area (Å²) in [4.78, 5) is 28.4. The summed E-state index contributed by atoms with van der Waals surface area (Å²) in [6.07, 6.45) is 0.388. The van der Waals surface area contributed by atoms with Crippen molar-refractivity contribution in [1.29, 1.82) is 0 Å². The van der Waals surface area contributed by atoms with Crippen LogP contribution in [0.15, 0.2) is 83.8 Å². The zero-order valence-corrected chi connectivity index (χ0v) is 22.7. The summed E-state index contributed by atoms with van der Waals surface area (Å²) in [7, 11) is -4.06. The first-order chi connectivity index (χ1) is 17.7. The van der Waals surface area contributed by atoms with Crippen LogP contribution in [0, 0.1) is 13.8 Å². The number of benzene rings is 3. The molecular weight excluding hydrogens is 486 g/mol.